The van der Waals surface area contributed by atoms with Crippen molar-refractivity contribution in [1.82, 2.24) is 0 Å². The summed E-state index contributed by atoms with van der Waals surface area (Å²) in [5.41, 5.74) is 4.23. The molecule has 1 aliphatic rings. The first-order chi connectivity index (χ1) is 18.7. The van der Waals surface area contributed by atoms with E-state index in [1.807, 2.05) is 24.3 Å². The number of hydrogen-bond donors (Lipinski definition) is 0. The maximum Gasteiger partial charge on any atom is 0.134 e. The molecule has 38 heavy (non-hydrogen) atoms. The number of aryl methyl sites for hydroxylation is 2. The van der Waals surface area contributed by atoms with Gasteiger partial charge in [-0.2, -0.15) is 0 Å². The van der Waals surface area contributed by atoms with E-state index in [0.717, 1.165) is 46.8 Å². The van der Waals surface area contributed by atoms with Gasteiger partial charge in [0.2, 0.25) is 0 Å². The smallest absolute Gasteiger partial charge is 0.134 e. The minimum absolute atomic E-state index is 0.0578. The number of benzene rings is 3. The van der Waals surface area contributed by atoms with Crippen molar-refractivity contribution in [3.63, 3.8) is 0 Å². The summed E-state index contributed by atoms with van der Waals surface area (Å²) in [6, 6.07) is 18.7. The monoisotopic (exact) mass is 510 g/mol. The van der Waals surface area contributed by atoms with E-state index in [0.29, 0.717) is 5.39 Å². The topological polar surface area (TPSA) is 0 Å². The third-order valence-corrected chi connectivity index (χ3v) is 8.66. The molecule has 0 heterocycles. The van der Waals surface area contributed by atoms with Gasteiger partial charge in [0.15, 0.2) is 0 Å². The number of unbranched alkanes of at least 4 members (excludes halogenated alkanes) is 5. The fraction of sp³-hybridized carbons (Fsp3) is 0.514. The Labute approximate surface area is 231 Å². The maximum atomic E-state index is 15.1. The van der Waals surface area contributed by atoms with Crippen LogP contribution < -0.4 is 0 Å². The molecule has 0 nitrogen and oxygen atoms in total. The molecule has 0 amide bonds. The van der Waals surface area contributed by atoms with Crippen LogP contribution in [0.1, 0.15) is 120 Å². The summed E-state index contributed by atoms with van der Waals surface area (Å²) in [7, 11) is 0. The van der Waals surface area contributed by atoms with Crippen molar-refractivity contribution in [1.29, 1.82) is 0 Å². The first-order valence-corrected chi connectivity index (χ1v) is 15.5. The van der Waals surface area contributed by atoms with Crippen molar-refractivity contribution in [3.8, 4) is 11.8 Å². The van der Waals surface area contributed by atoms with Crippen molar-refractivity contribution in [2.75, 3.05) is 0 Å². The highest BCUT2D eigenvalue weighted by Crippen LogP contribution is 2.34. The minimum Gasteiger partial charge on any atom is -0.206 e. The molecule has 0 saturated heterocycles. The van der Waals surface area contributed by atoms with Gasteiger partial charge in [-0.3, -0.25) is 0 Å². The van der Waals surface area contributed by atoms with E-state index in [4.69, 9.17) is 0 Å². The van der Waals surface area contributed by atoms with Crippen LogP contribution in [0.15, 0.2) is 54.6 Å². The predicted molar refractivity (Wildman–Crippen MR) is 162 cm³/mol. The van der Waals surface area contributed by atoms with Crippen LogP contribution >= 0.6 is 0 Å². The Hall–Kier alpha value is -2.59. The van der Waals surface area contributed by atoms with E-state index < -0.39 is 0 Å². The standard InChI is InChI=1S/C37H47F/c1-3-5-7-8-9-11-34-25-26-35-28-33(24-27-36(35)37(34)38)23-22-32-20-18-31(19-21-32)17-16-30-14-12-29(13-15-30)10-6-4-2/h18-21,24-30H,3-17H2,1-2H3. The number of hydrogen-bond acceptors (Lipinski definition) is 0. The average molecular weight is 511 g/mol. The van der Waals surface area contributed by atoms with Crippen molar-refractivity contribution >= 4 is 10.8 Å². The van der Waals surface area contributed by atoms with Crippen molar-refractivity contribution < 1.29 is 4.39 Å². The van der Waals surface area contributed by atoms with Gasteiger partial charge in [-0.05, 0) is 78.3 Å². The molecule has 0 unspecified atom stereocenters. The number of halogens is 1. The summed E-state index contributed by atoms with van der Waals surface area (Å²) in [5, 5.41) is 1.64. The Bertz CT molecular complexity index is 1190. The average Bonchev–Trinajstić information content (AvgIpc) is 2.96. The molecule has 3 aromatic carbocycles. The molecule has 202 valence electrons. The molecule has 0 bridgehead atoms. The van der Waals surface area contributed by atoms with E-state index in [1.165, 1.54) is 89.0 Å². The highest BCUT2D eigenvalue weighted by molar-refractivity contribution is 5.85. The molecule has 3 aromatic rings. The largest absolute Gasteiger partial charge is 0.206 e. The highest BCUT2D eigenvalue weighted by atomic mass is 19.1. The zero-order valence-corrected chi connectivity index (χ0v) is 23.8. The predicted octanol–water partition coefficient (Wildman–Crippen LogP) is 10.8. The molecule has 1 heteroatoms. The van der Waals surface area contributed by atoms with Gasteiger partial charge in [0.25, 0.3) is 0 Å². The van der Waals surface area contributed by atoms with Crippen molar-refractivity contribution in [2.45, 2.75) is 110 Å². The minimum atomic E-state index is -0.0578. The molecule has 0 radical (unpaired) electrons. The van der Waals surface area contributed by atoms with Gasteiger partial charge in [-0.1, -0.05) is 127 Å². The van der Waals surface area contributed by atoms with Crippen molar-refractivity contribution in [3.05, 3.63) is 82.7 Å². The van der Waals surface area contributed by atoms with Crippen LogP contribution in [0.3, 0.4) is 0 Å². The Morgan fingerprint density at radius 2 is 1.32 bits per heavy atom. The van der Waals surface area contributed by atoms with E-state index in [-0.39, 0.29) is 5.82 Å². The van der Waals surface area contributed by atoms with Crippen LogP contribution in [0.2, 0.25) is 0 Å². The fourth-order valence-electron chi connectivity index (χ4n) is 6.10. The van der Waals surface area contributed by atoms with Crippen LogP contribution in [-0.2, 0) is 12.8 Å². The molecular formula is C37H47F. The van der Waals surface area contributed by atoms with Crippen molar-refractivity contribution in [2.24, 2.45) is 11.8 Å². The quantitative estimate of drug-likeness (QED) is 0.168. The Kier molecular flexibility index (Phi) is 11.3. The molecule has 1 aliphatic carbocycles. The summed E-state index contributed by atoms with van der Waals surface area (Å²) in [4.78, 5) is 0. The van der Waals surface area contributed by atoms with Crippen LogP contribution in [0.5, 0.6) is 0 Å². The van der Waals surface area contributed by atoms with E-state index >= 15 is 4.39 Å². The van der Waals surface area contributed by atoms with Gasteiger partial charge in [0.1, 0.15) is 5.82 Å². The molecule has 0 aliphatic heterocycles. The summed E-state index contributed by atoms with van der Waals surface area (Å²) in [6.45, 7) is 4.53. The molecule has 0 N–H and O–H groups in total. The van der Waals surface area contributed by atoms with E-state index in [9.17, 15) is 0 Å². The third-order valence-electron chi connectivity index (χ3n) is 8.66. The second kappa shape index (κ2) is 15.1. The highest BCUT2D eigenvalue weighted by Gasteiger charge is 2.20. The van der Waals surface area contributed by atoms with E-state index in [2.05, 4.69) is 56.0 Å². The lowest BCUT2D eigenvalue weighted by atomic mass is 9.78. The summed E-state index contributed by atoms with van der Waals surface area (Å²) in [5.74, 6) is 8.44. The van der Waals surface area contributed by atoms with Gasteiger partial charge in [-0.25, -0.2) is 4.39 Å². The Morgan fingerprint density at radius 3 is 2.05 bits per heavy atom. The van der Waals surface area contributed by atoms with Crippen LogP contribution in [0, 0.1) is 29.5 Å². The normalized spacial score (nSPS) is 17.3. The Balaban J connectivity index is 1.28. The summed E-state index contributed by atoms with van der Waals surface area (Å²) in [6.07, 6.45) is 19.2. The second-order valence-corrected chi connectivity index (χ2v) is 11.7. The summed E-state index contributed by atoms with van der Waals surface area (Å²) < 4.78 is 15.1. The molecule has 0 spiro atoms. The first kappa shape index (κ1) is 28.4. The Morgan fingerprint density at radius 1 is 0.658 bits per heavy atom. The zero-order chi connectivity index (χ0) is 26.6. The second-order valence-electron chi connectivity index (χ2n) is 11.7. The number of rotatable bonds is 12. The lowest BCUT2D eigenvalue weighted by Crippen LogP contribution is -2.15. The van der Waals surface area contributed by atoms with Gasteiger partial charge < -0.3 is 0 Å². The van der Waals surface area contributed by atoms with Gasteiger partial charge in [0, 0.05) is 16.5 Å². The van der Waals surface area contributed by atoms with E-state index in [1.54, 1.807) is 0 Å². The molecule has 1 saturated carbocycles. The first-order valence-electron chi connectivity index (χ1n) is 15.5. The SMILES string of the molecule is CCCCCCCc1ccc2cc(C#Cc3ccc(CCC4CCC(CCCC)CC4)cc3)ccc2c1F. The molecular weight excluding hydrogens is 463 g/mol. The van der Waals surface area contributed by atoms with Crippen LogP contribution in [-0.4, -0.2) is 0 Å². The maximum absolute atomic E-state index is 15.1. The lowest BCUT2D eigenvalue weighted by Gasteiger charge is -2.28. The van der Waals surface area contributed by atoms with Crippen LogP contribution in [0.4, 0.5) is 4.39 Å². The molecule has 0 aromatic heterocycles. The number of fused-ring (bicyclic) bond motifs is 1. The third kappa shape index (κ3) is 8.46. The summed E-state index contributed by atoms with van der Waals surface area (Å²) >= 11 is 0. The van der Waals surface area contributed by atoms with Gasteiger partial charge in [0.05, 0.1) is 0 Å². The molecule has 0 atom stereocenters. The van der Waals surface area contributed by atoms with Crippen LogP contribution in [0.25, 0.3) is 10.8 Å². The molecule has 4 rings (SSSR count). The van der Waals surface area contributed by atoms with Gasteiger partial charge >= 0.3 is 0 Å². The molecule has 1 fully saturated rings. The zero-order valence-electron chi connectivity index (χ0n) is 23.8. The van der Waals surface area contributed by atoms with Gasteiger partial charge in [-0.15, -0.1) is 0 Å². The fourth-order valence-corrected chi connectivity index (χ4v) is 6.10. The lowest BCUT2D eigenvalue weighted by molar-refractivity contribution is 0.250.